The van der Waals surface area contributed by atoms with Gasteiger partial charge in [-0.2, -0.15) is 0 Å². The Labute approximate surface area is 149 Å². The van der Waals surface area contributed by atoms with Crippen LogP contribution in [0.2, 0.25) is 0 Å². The number of fused-ring (bicyclic) bond motifs is 3. The molecule has 4 rings (SSSR count). The molecule has 2 amide bonds. The number of carbonyl (C=O) groups excluding carboxylic acids is 1. The molecule has 0 bridgehead atoms. The Morgan fingerprint density at radius 3 is 2.88 bits per heavy atom. The van der Waals surface area contributed by atoms with Crippen molar-refractivity contribution in [3.8, 4) is 5.69 Å². The lowest BCUT2D eigenvalue weighted by Crippen LogP contribution is -2.44. The average molecular weight is 390 g/mol. The van der Waals surface area contributed by atoms with E-state index < -0.39 is 0 Å². The van der Waals surface area contributed by atoms with Crippen molar-refractivity contribution in [1.82, 2.24) is 25.2 Å². The molecule has 2 heterocycles. The van der Waals surface area contributed by atoms with E-state index in [0.29, 0.717) is 19.1 Å². The van der Waals surface area contributed by atoms with Crippen molar-refractivity contribution < 1.29 is 4.79 Å². The van der Waals surface area contributed by atoms with Crippen LogP contribution in [0, 0.1) is 0 Å². The molecule has 1 aliphatic heterocycles. The van der Waals surface area contributed by atoms with E-state index in [1.165, 1.54) is 19.3 Å². The molecule has 0 unspecified atom stereocenters. The van der Waals surface area contributed by atoms with Gasteiger partial charge in [-0.1, -0.05) is 46.5 Å². The van der Waals surface area contributed by atoms with Gasteiger partial charge in [-0.05, 0) is 30.5 Å². The van der Waals surface area contributed by atoms with Gasteiger partial charge in [-0.15, -0.1) is 5.10 Å². The highest BCUT2D eigenvalue weighted by Crippen LogP contribution is 2.26. The van der Waals surface area contributed by atoms with Crippen LogP contribution in [0.3, 0.4) is 0 Å². The molecule has 1 aromatic carbocycles. The second-order valence-corrected chi connectivity index (χ2v) is 7.47. The van der Waals surface area contributed by atoms with E-state index in [1.807, 2.05) is 27.8 Å². The normalized spacial score (nSPS) is 17.8. The molecule has 1 fully saturated rings. The quantitative estimate of drug-likeness (QED) is 0.812. The lowest BCUT2D eigenvalue weighted by Gasteiger charge is -2.27. The summed E-state index contributed by atoms with van der Waals surface area (Å²) in [7, 11) is 0. The predicted octanol–water partition coefficient (Wildman–Crippen LogP) is 3.39. The molecule has 1 saturated carbocycles. The average Bonchev–Trinajstić information content (AvgIpc) is 2.99. The Balaban J connectivity index is 1.60. The van der Waals surface area contributed by atoms with Gasteiger partial charge in [0.1, 0.15) is 0 Å². The zero-order valence-electron chi connectivity index (χ0n) is 13.4. The zero-order valence-corrected chi connectivity index (χ0v) is 15.0. The largest absolute Gasteiger partial charge is 0.335 e. The van der Waals surface area contributed by atoms with E-state index in [4.69, 9.17) is 0 Å². The number of carbonyl (C=O) groups is 1. The minimum absolute atomic E-state index is 0.00502. The van der Waals surface area contributed by atoms with Crippen molar-refractivity contribution in [2.75, 3.05) is 0 Å². The minimum atomic E-state index is 0.00502. The molecule has 7 heteroatoms. The molecule has 0 radical (unpaired) electrons. The van der Waals surface area contributed by atoms with Gasteiger partial charge in [-0.3, -0.25) is 0 Å². The van der Waals surface area contributed by atoms with Crippen molar-refractivity contribution in [2.24, 2.45) is 0 Å². The van der Waals surface area contributed by atoms with Gasteiger partial charge in [0.2, 0.25) is 0 Å². The molecule has 1 N–H and O–H groups in total. The summed E-state index contributed by atoms with van der Waals surface area (Å²) >= 11 is 3.51. The van der Waals surface area contributed by atoms with Crippen LogP contribution in [0.4, 0.5) is 4.79 Å². The van der Waals surface area contributed by atoms with Gasteiger partial charge >= 0.3 is 6.03 Å². The summed E-state index contributed by atoms with van der Waals surface area (Å²) in [5.41, 5.74) is 2.97. The summed E-state index contributed by atoms with van der Waals surface area (Å²) < 4.78 is 2.82. The van der Waals surface area contributed by atoms with Gasteiger partial charge in [-0.25, -0.2) is 9.48 Å². The van der Waals surface area contributed by atoms with Crippen LogP contribution in [0.1, 0.15) is 43.4 Å². The first-order chi connectivity index (χ1) is 11.7. The number of rotatable bonds is 1. The van der Waals surface area contributed by atoms with Gasteiger partial charge < -0.3 is 10.2 Å². The molecule has 2 aromatic rings. The van der Waals surface area contributed by atoms with Crippen LogP contribution in [-0.4, -0.2) is 32.0 Å². The van der Waals surface area contributed by atoms with E-state index in [-0.39, 0.29) is 6.03 Å². The molecule has 0 atom stereocenters. The summed E-state index contributed by atoms with van der Waals surface area (Å²) in [6, 6.07) is 6.37. The van der Waals surface area contributed by atoms with Crippen molar-refractivity contribution in [1.29, 1.82) is 0 Å². The van der Waals surface area contributed by atoms with Crippen molar-refractivity contribution >= 4 is 22.0 Å². The van der Waals surface area contributed by atoms with Crippen molar-refractivity contribution in [3.63, 3.8) is 0 Å². The van der Waals surface area contributed by atoms with Crippen LogP contribution in [0.5, 0.6) is 0 Å². The van der Waals surface area contributed by atoms with Gasteiger partial charge in [0.05, 0.1) is 24.1 Å². The van der Waals surface area contributed by atoms with Gasteiger partial charge in [0, 0.05) is 17.1 Å². The lowest BCUT2D eigenvalue weighted by molar-refractivity contribution is 0.184. The number of hydrogen-bond donors (Lipinski definition) is 1. The molecule has 126 valence electrons. The molecular weight excluding hydrogens is 370 g/mol. The number of nitrogens with zero attached hydrogens (tertiary/aromatic N) is 4. The van der Waals surface area contributed by atoms with E-state index in [1.54, 1.807) is 6.20 Å². The Hall–Kier alpha value is -1.89. The predicted molar refractivity (Wildman–Crippen MR) is 93.7 cm³/mol. The fourth-order valence-electron chi connectivity index (χ4n) is 3.55. The topological polar surface area (TPSA) is 63.1 Å². The lowest BCUT2D eigenvalue weighted by atomic mass is 9.96. The van der Waals surface area contributed by atoms with Gasteiger partial charge in [0.15, 0.2) is 0 Å². The summed E-state index contributed by atoms with van der Waals surface area (Å²) in [5.74, 6) is 0. The maximum atomic E-state index is 12.8. The molecular formula is C17H20BrN5O. The highest BCUT2D eigenvalue weighted by molar-refractivity contribution is 9.10. The van der Waals surface area contributed by atoms with E-state index >= 15 is 0 Å². The fraction of sp³-hybridized carbons (Fsp3) is 0.471. The standard InChI is InChI=1S/C17H20BrN5O/c18-13-7-6-12-10-22(17(24)20-14-4-2-1-3-5-14)11-15-9-19-21-23(15)16(12)8-13/h6-9,14H,1-5,10-11H2,(H,20,24). The number of halogens is 1. The summed E-state index contributed by atoms with van der Waals surface area (Å²) in [5, 5.41) is 11.4. The van der Waals surface area contributed by atoms with E-state index in [9.17, 15) is 4.79 Å². The fourth-order valence-corrected chi connectivity index (χ4v) is 3.90. The molecule has 0 saturated heterocycles. The summed E-state index contributed by atoms with van der Waals surface area (Å²) in [4.78, 5) is 14.6. The first kappa shape index (κ1) is 15.6. The van der Waals surface area contributed by atoms with Crippen LogP contribution < -0.4 is 5.32 Å². The third-order valence-electron chi connectivity index (χ3n) is 4.83. The highest BCUT2D eigenvalue weighted by Gasteiger charge is 2.25. The second kappa shape index (κ2) is 6.55. The Bertz CT molecular complexity index is 753. The zero-order chi connectivity index (χ0) is 16.5. The number of nitrogens with one attached hydrogen (secondary N) is 1. The van der Waals surface area contributed by atoms with Crippen molar-refractivity contribution in [2.45, 2.75) is 51.2 Å². The third kappa shape index (κ3) is 3.05. The third-order valence-corrected chi connectivity index (χ3v) is 5.32. The number of aromatic nitrogens is 3. The maximum Gasteiger partial charge on any atom is 0.318 e. The van der Waals surface area contributed by atoms with Gasteiger partial charge in [0.25, 0.3) is 0 Å². The minimum Gasteiger partial charge on any atom is -0.335 e. The number of hydrogen-bond acceptors (Lipinski definition) is 3. The number of amides is 2. The molecule has 24 heavy (non-hydrogen) atoms. The first-order valence-corrected chi connectivity index (χ1v) is 9.24. The van der Waals surface area contributed by atoms with E-state index in [0.717, 1.165) is 34.3 Å². The second-order valence-electron chi connectivity index (χ2n) is 6.55. The monoisotopic (exact) mass is 389 g/mol. The molecule has 2 aliphatic rings. The van der Waals surface area contributed by atoms with Crippen LogP contribution in [-0.2, 0) is 13.1 Å². The Morgan fingerprint density at radius 1 is 1.21 bits per heavy atom. The smallest absolute Gasteiger partial charge is 0.318 e. The number of benzene rings is 1. The summed E-state index contributed by atoms with van der Waals surface area (Å²) in [6.45, 7) is 1.09. The van der Waals surface area contributed by atoms with Crippen LogP contribution in [0.25, 0.3) is 5.69 Å². The maximum absolute atomic E-state index is 12.8. The Morgan fingerprint density at radius 2 is 2.04 bits per heavy atom. The van der Waals surface area contributed by atoms with Crippen molar-refractivity contribution in [3.05, 3.63) is 40.1 Å². The van der Waals surface area contributed by atoms with E-state index in [2.05, 4.69) is 31.6 Å². The molecule has 0 spiro atoms. The SMILES string of the molecule is O=C(NC1CCCCC1)N1Cc2ccc(Br)cc2-n2nncc2C1. The highest BCUT2D eigenvalue weighted by atomic mass is 79.9. The summed E-state index contributed by atoms with van der Waals surface area (Å²) in [6.07, 6.45) is 7.60. The van der Waals surface area contributed by atoms with Crippen LogP contribution in [0.15, 0.2) is 28.9 Å². The Kier molecular flexibility index (Phi) is 4.26. The first-order valence-electron chi connectivity index (χ1n) is 8.44. The van der Waals surface area contributed by atoms with Crippen LogP contribution >= 0.6 is 15.9 Å². The molecule has 6 nitrogen and oxygen atoms in total. The number of urea groups is 1. The molecule has 1 aliphatic carbocycles. The molecule has 1 aromatic heterocycles.